The van der Waals surface area contributed by atoms with E-state index in [1.54, 1.807) is 19.3 Å². The summed E-state index contributed by atoms with van der Waals surface area (Å²) in [7, 11) is 1.88. The predicted molar refractivity (Wildman–Crippen MR) is 69.8 cm³/mol. The van der Waals surface area contributed by atoms with E-state index in [1.165, 1.54) is 0 Å². The number of hydrogen-bond acceptors (Lipinski definition) is 3. The molecule has 4 nitrogen and oxygen atoms in total. The third-order valence-electron chi connectivity index (χ3n) is 2.07. The Balaban J connectivity index is 2.82. The Morgan fingerprint density at radius 1 is 1.62 bits per heavy atom. The maximum absolute atomic E-state index is 8.45. The van der Waals surface area contributed by atoms with Gasteiger partial charge in [0, 0.05) is 29.8 Å². The number of hydrogen-bond donors (Lipinski definition) is 0. The number of aliphatic imine (C=N–C) groups is 1. The molecule has 1 rings (SSSR count). The number of halogens is 2. The normalized spacial score (nSPS) is 11.1. The lowest BCUT2D eigenvalue weighted by Gasteiger charge is -2.18. The minimum absolute atomic E-state index is 0.651. The highest BCUT2D eigenvalue weighted by atomic mass is 79.9. The van der Waals surface area contributed by atoms with Crippen molar-refractivity contribution >= 4 is 37.7 Å². The Bertz CT molecular complexity index is 451. The quantitative estimate of drug-likeness (QED) is 0.358. The van der Waals surface area contributed by atoms with Crippen LogP contribution in [0.25, 0.3) is 0 Å². The van der Waals surface area contributed by atoms with Crippen molar-refractivity contribution in [1.29, 1.82) is 5.26 Å². The van der Waals surface area contributed by atoms with Gasteiger partial charge in [-0.15, -0.1) is 0 Å². The van der Waals surface area contributed by atoms with Crippen LogP contribution in [0, 0.1) is 11.5 Å². The molecule has 84 valence electrons. The summed E-state index contributed by atoms with van der Waals surface area (Å²) in [6.07, 6.45) is 3.55. The first kappa shape index (κ1) is 13.1. The van der Waals surface area contributed by atoms with Crippen LogP contribution in [0.2, 0.25) is 0 Å². The molecule has 0 aromatic carbocycles. The molecule has 16 heavy (non-hydrogen) atoms. The minimum atomic E-state index is 0.651. The molecule has 6 heteroatoms. The van der Waals surface area contributed by atoms with Gasteiger partial charge in [0.15, 0.2) is 0 Å². The smallest absolute Gasteiger partial charge is 0.207 e. The molecule has 0 aliphatic carbocycles. The first-order valence-electron chi connectivity index (χ1n) is 4.49. The van der Waals surface area contributed by atoms with E-state index >= 15 is 0 Å². The Labute approximate surface area is 111 Å². The summed E-state index contributed by atoms with van der Waals surface area (Å²) in [5.74, 6) is 0.678. The first-order chi connectivity index (χ1) is 7.54. The maximum atomic E-state index is 8.45. The Hall–Kier alpha value is -0.930. The zero-order valence-electron chi connectivity index (χ0n) is 8.91. The molecule has 1 heterocycles. The molecule has 0 N–H and O–H groups in total. The van der Waals surface area contributed by atoms with Gasteiger partial charge in [0.05, 0.1) is 0 Å². The summed E-state index contributed by atoms with van der Waals surface area (Å²) >= 11 is 6.76. The van der Waals surface area contributed by atoms with Crippen molar-refractivity contribution in [2.24, 2.45) is 4.99 Å². The molecular weight excluding hydrogens is 336 g/mol. The molecular formula is C10H10Br2N4. The highest BCUT2D eigenvalue weighted by Gasteiger charge is 2.06. The SMILES string of the molecule is C/C(=N\C#N)N(C)Cc1cnc(Br)cc1Br. The fraction of sp³-hybridized carbons (Fsp3) is 0.300. The molecule has 0 spiro atoms. The Kier molecular flexibility index (Phi) is 4.90. The van der Waals surface area contributed by atoms with Gasteiger partial charge in [-0.05, 0) is 28.9 Å². The van der Waals surface area contributed by atoms with Gasteiger partial charge in [-0.2, -0.15) is 10.3 Å². The van der Waals surface area contributed by atoms with Crippen molar-refractivity contribution in [2.45, 2.75) is 13.5 Å². The molecule has 1 aromatic rings. The van der Waals surface area contributed by atoms with Gasteiger partial charge >= 0.3 is 0 Å². The molecule has 1 aromatic heterocycles. The lowest BCUT2D eigenvalue weighted by Crippen LogP contribution is -2.23. The van der Waals surface area contributed by atoms with E-state index in [4.69, 9.17) is 5.26 Å². The lowest BCUT2D eigenvalue weighted by atomic mass is 10.2. The van der Waals surface area contributed by atoms with E-state index in [9.17, 15) is 0 Å². The summed E-state index contributed by atoms with van der Waals surface area (Å²) in [6, 6.07) is 1.89. The van der Waals surface area contributed by atoms with Crippen molar-refractivity contribution < 1.29 is 0 Å². The third kappa shape index (κ3) is 3.58. The van der Waals surface area contributed by atoms with Gasteiger partial charge in [-0.25, -0.2) is 4.98 Å². The highest BCUT2D eigenvalue weighted by molar-refractivity contribution is 9.11. The van der Waals surface area contributed by atoms with Gasteiger partial charge < -0.3 is 4.90 Å². The van der Waals surface area contributed by atoms with Crippen LogP contribution in [-0.2, 0) is 6.54 Å². The molecule has 0 saturated carbocycles. The maximum Gasteiger partial charge on any atom is 0.207 e. The number of pyridine rings is 1. The van der Waals surface area contributed by atoms with Crippen LogP contribution in [0.4, 0.5) is 0 Å². The number of rotatable bonds is 2. The van der Waals surface area contributed by atoms with Crippen LogP contribution in [0.1, 0.15) is 12.5 Å². The van der Waals surface area contributed by atoms with Crippen molar-refractivity contribution in [2.75, 3.05) is 7.05 Å². The largest absolute Gasteiger partial charge is 0.358 e. The molecule has 0 radical (unpaired) electrons. The third-order valence-corrected chi connectivity index (χ3v) is 3.24. The van der Waals surface area contributed by atoms with Crippen molar-refractivity contribution in [3.63, 3.8) is 0 Å². The van der Waals surface area contributed by atoms with Crippen LogP contribution in [0.5, 0.6) is 0 Å². The molecule has 0 amide bonds. The summed E-state index contributed by atoms with van der Waals surface area (Å²) in [6.45, 7) is 2.45. The Morgan fingerprint density at radius 2 is 2.31 bits per heavy atom. The molecule has 0 atom stereocenters. The van der Waals surface area contributed by atoms with E-state index < -0.39 is 0 Å². The molecule has 0 aliphatic rings. The predicted octanol–water partition coefficient (Wildman–Crippen LogP) is 2.94. The van der Waals surface area contributed by atoms with Gasteiger partial charge in [0.1, 0.15) is 10.4 Å². The second kappa shape index (κ2) is 5.97. The van der Waals surface area contributed by atoms with Crippen LogP contribution < -0.4 is 0 Å². The lowest BCUT2D eigenvalue weighted by molar-refractivity contribution is 0.495. The zero-order chi connectivity index (χ0) is 12.1. The second-order valence-electron chi connectivity index (χ2n) is 3.21. The minimum Gasteiger partial charge on any atom is -0.358 e. The molecule has 0 saturated heterocycles. The highest BCUT2D eigenvalue weighted by Crippen LogP contribution is 2.20. The van der Waals surface area contributed by atoms with Crippen molar-refractivity contribution in [3.8, 4) is 6.19 Å². The average molecular weight is 346 g/mol. The van der Waals surface area contributed by atoms with Crippen LogP contribution in [0.3, 0.4) is 0 Å². The average Bonchev–Trinajstić information content (AvgIpc) is 2.22. The van der Waals surface area contributed by atoms with Crippen LogP contribution in [-0.4, -0.2) is 22.8 Å². The van der Waals surface area contributed by atoms with Crippen LogP contribution >= 0.6 is 31.9 Å². The number of amidine groups is 1. The monoisotopic (exact) mass is 344 g/mol. The van der Waals surface area contributed by atoms with Crippen LogP contribution in [0.15, 0.2) is 26.3 Å². The van der Waals surface area contributed by atoms with E-state index in [0.717, 1.165) is 14.6 Å². The fourth-order valence-corrected chi connectivity index (χ4v) is 2.16. The number of nitrogens with zero attached hydrogens (tertiary/aromatic N) is 4. The van der Waals surface area contributed by atoms with Gasteiger partial charge in [0.25, 0.3) is 0 Å². The van der Waals surface area contributed by atoms with E-state index in [1.807, 2.05) is 18.0 Å². The molecule has 0 bridgehead atoms. The second-order valence-corrected chi connectivity index (χ2v) is 4.88. The van der Waals surface area contributed by atoms with Crippen molar-refractivity contribution in [3.05, 3.63) is 26.9 Å². The zero-order valence-corrected chi connectivity index (χ0v) is 12.1. The molecule has 0 unspecified atom stereocenters. The number of aromatic nitrogens is 1. The standard InChI is InChI=1S/C10H10Br2N4/c1-7(15-6-13)16(2)5-8-4-14-10(12)3-9(8)11/h3-4H,5H2,1-2H3/b15-7+. The summed E-state index contributed by atoms with van der Waals surface area (Å²) in [5.41, 5.74) is 1.04. The number of nitriles is 1. The van der Waals surface area contributed by atoms with Gasteiger partial charge in [-0.3, -0.25) is 0 Å². The first-order valence-corrected chi connectivity index (χ1v) is 6.07. The molecule has 0 aliphatic heterocycles. The summed E-state index contributed by atoms with van der Waals surface area (Å²) < 4.78 is 1.76. The van der Waals surface area contributed by atoms with Gasteiger partial charge in [-0.1, -0.05) is 15.9 Å². The van der Waals surface area contributed by atoms with E-state index in [-0.39, 0.29) is 0 Å². The summed E-state index contributed by atoms with van der Waals surface area (Å²) in [5, 5.41) is 8.45. The van der Waals surface area contributed by atoms with Crippen molar-refractivity contribution in [1.82, 2.24) is 9.88 Å². The van der Waals surface area contributed by atoms with E-state index in [0.29, 0.717) is 12.4 Å². The summed E-state index contributed by atoms with van der Waals surface area (Å²) in [4.78, 5) is 9.71. The fourth-order valence-electron chi connectivity index (χ4n) is 1.08. The molecule has 0 fully saturated rings. The van der Waals surface area contributed by atoms with Gasteiger partial charge in [0.2, 0.25) is 6.19 Å². The topological polar surface area (TPSA) is 52.3 Å². The Morgan fingerprint density at radius 3 is 2.88 bits per heavy atom. The van der Waals surface area contributed by atoms with E-state index in [2.05, 4.69) is 41.8 Å².